The number of nitrogens with one attached hydrogen (secondary N) is 1. The van der Waals surface area contributed by atoms with Gasteiger partial charge in [0.05, 0.1) is 0 Å². The van der Waals surface area contributed by atoms with Gasteiger partial charge in [-0.15, -0.1) is 0 Å². The topological polar surface area (TPSA) is 52.6 Å². The molecule has 0 aliphatic carbocycles. The SMILES string of the molecule is CCN(CC)Cc1cccc(CNC(=O)C2(O)CCSC2)c1. The molecule has 1 heterocycles. The number of hydrogen-bond acceptors (Lipinski definition) is 4. The van der Waals surface area contributed by atoms with Crippen LogP contribution >= 0.6 is 11.8 Å². The maximum atomic E-state index is 12.1. The molecule has 5 heteroatoms. The molecule has 122 valence electrons. The smallest absolute Gasteiger partial charge is 0.253 e. The molecule has 1 aromatic carbocycles. The Bertz CT molecular complexity index is 497. The number of aliphatic hydroxyl groups is 1. The van der Waals surface area contributed by atoms with Crippen molar-refractivity contribution < 1.29 is 9.90 Å². The monoisotopic (exact) mass is 322 g/mol. The zero-order valence-corrected chi connectivity index (χ0v) is 14.3. The van der Waals surface area contributed by atoms with Crippen LogP contribution in [0.2, 0.25) is 0 Å². The average molecular weight is 322 g/mol. The van der Waals surface area contributed by atoms with Gasteiger partial charge in [-0.25, -0.2) is 0 Å². The minimum absolute atomic E-state index is 0.244. The summed E-state index contributed by atoms with van der Waals surface area (Å²) in [7, 11) is 0. The lowest BCUT2D eigenvalue weighted by Gasteiger charge is -2.21. The molecule has 1 aromatic rings. The molecule has 0 aromatic heterocycles. The van der Waals surface area contributed by atoms with Gasteiger partial charge < -0.3 is 10.4 Å². The van der Waals surface area contributed by atoms with Crippen molar-refractivity contribution >= 4 is 17.7 Å². The van der Waals surface area contributed by atoms with Gasteiger partial charge in [-0.3, -0.25) is 9.69 Å². The lowest BCUT2D eigenvalue weighted by Crippen LogP contribution is -2.46. The van der Waals surface area contributed by atoms with E-state index in [1.165, 1.54) is 5.56 Å². The highest BCUT2D eigenvalue weighted by atomic mass is 32.2. The fraction of sp³-hybridized carbons (Fsp3) is 0.588. The third kappa shape index (κ3) is 4.48. The fourth-order valence-corrected chi connectivity index (χ4v) is 3.86. The first kappa shape index (κ1) is 17.3. The van der Waals surface area contributed by atoms with Gasteiger partial charge in [0, 0.05) is 18.8 Å². The third-order valence-electron chi connectivity index (χ3n) is 4.17. The van der Waals surface area contributed by atoms with Crippen molar-refractivity contribution in [3.8, 4) is 0 Å². The van der Waals surface area contributed by atoms with Crippen LogP contribution in [0.5, 0.6) is 0 Å². The minimum atomic E-state index is -1.18. The normalized spacial score (nSPS) is 21.3. The van der Waals surface area contributed by atoms with Gasteiger partial charge in [-0.2, -0.15) is 11.8 Å². The first-order chi connectivity index (χ1) is 10.6. The lowest BCUT2D eigenvalue weighted by molar-refractivity contribution is -0.137. The first-order valence-corrected chi connectivity index (χ1v) is 9.11. The highest BCUT2D eigenvalue weighted by Crippen LogP contribution is 2.27. The Morgan fingerprint density at radius 2 is 2.09 bits per heavy atom. The summed E-state index contributed by atoms with van der Waals surface area (Å²) in [5.74, 6) is 1.11. The van der Waals surface area contributed by atoms with Crippen LogP contribution in [0, 0.1) is 0 Å². The van der Waals surface area contributed by atoms with E-state index in [1.807, 2.05) is 12.1 Å². The van der Waals surface area contributed by atoms with E-state index >= 15 is 0 Å². The fourth-order valence-electron chi connectivity index (χ4n) is 2.62. The number of carbonyl (C=O) groups is 1. The van der Waals surface area contributed by atoms with Crippen LogP contribution in [0.3, 0.4) is 0 Å². The molecule has 0 radical (unpaired) electrons. The highest BCUT2D eigenvalue weighted by molar-refractivity contribution is 7.99. The van der Waals surface area contributed by atoms with Crippen molar-refractivity contribution in [2.45, 2.75) is 39.0 Å². The Hall–Kier alpha value is -1.04. The van der Waals surface area contributed by atoms with E-state index in [1.54, 1.807) is 11.8 Å². The maximum absolute atomic E-state index is 12.1. The Balaban J connectivity index is 1.91. The summed E-state index contributed by atoms with van der Waals surface area (Å²) in [5.41, 5.74) is 1.15. The molecule has 0 spiro atoms. The predicted octanol–water partition coefficient (Wildman–Crippen LogP) is 2.01. The maximum Gasteiger partial charge on any atom is 0.253 e. The Labute approximate surface area is 137 Å². The van der Waals surface area contributed by atoms with E-state index < -0.39 is 5.60 Å². The molecule has 1 atom stereocenters. The van der Waals surface area contributed by atoms with Crippen LogP contribution in [0.25, 0.3) is 0 Å². The summed E-state index contributed by atoms with van der Waals surface area (Å²) in [6, 6.07) is 8.29. The van der Waals surface area contributed by atoms with E-state index in [0.717, 1.165) is 31.0 Å². The van der Waals surface area contributed by atoms with Crippen molar-refractivity contribution in [1.29, 1.82) is 0 Å². The van der Waals surface area contributed by atoms with Gasteiger partial charge in [-0.05, 0) is 36.4 Å². The second kappa shape index (κ2) is 7.99. The lowest BCUT2D eigenvalue weighted by atomic mass is 10.0. The van der Waals surface area contributed by atoms with Crippen LogP contribution < -0.4 is 5.32 Å². The Kier molecular flexibility index (Phi) is 6.29. The second-order valence-electron chi connectivity index (χ2n) is 5.80. The van der Waals surface area contributed by atoms with Crippen molar-refractivity contribution in [2.75, 3.05) is 24.6 Å². The Morgan fingerprint density at radius 1 is 1.36 bits per heavy atom. The molecular formula is C17H26N2O2S. The zero-order chi connectivity index (χ0) is 16.0. The molecule has 1 aliphatic heterocycles. The number of hydrogen-bond donors (Lipinski definition) is 2. The van der Waals surface area contributed by atoms with Crippen LogP contribution in [-0.2, 0) is 17.9 Å². The molecule has 1 fully saturated rings. The number of thioether (sulfide) groups is 1. The molecule has 2 N–H and O–H groups in total. The van der Waals surface area contributed by atoms with Crippen LogP contribution in [0.4, 0.5) is 0 Å². The summed E-state index contributed by atoms with van der Waals surface area (Å²) in [4.78, 5) is 14.5. The summed E-state index contributed by atoms with van der Waals surface area (Å²) >= 11 is 1.63. The van der Waals surface area contributed by atoms with E-state index in [-0.39, 0.29) is 5.91 Å². The molecule has 1 saturated heterocycles. The van der Waals surface area contributed by atoms with Gasteiger partial charge in [0.15, 0.2) is 5.60 Å². The molecule has 1 unspecified atom stereocenters. The molecule has 0 bridgehead atoms. The molecule has 2 rings (SSSR count). The third-order valence-corrected chi connectivity index (χ3v) is 5.34. The number of benzene rings is 1. The Morgan fingerprint density at radius 3 is 2.73 bits per heavy atom. The molecule has 22 heavy (non-hydrogen) atoms. The summed E-state index contributed by atoms with van der Waals surface area (Å²) in [5, 5.41) is 13.1. The van der Waals surface area contributed by atoms with Crippen molar-refractivity contribution in [2.24, 2.45) is 0 Å². The molecular weight excluding hydrogens is 296 g/mol. The zero-order valence-electron chi connectivity index (χ0n) is 13.5. The highest BCUT2D eigenvalue weighted by Gasteiger charge is 2.39. The number of rotatable bonds is 7. The number of carbonyl (C=O) groups excluding carboxylic acids is 1. The summed E-state index contributed by atoms with van der Waals surface area (Å²) < 4.78 is 0. The molecule has 1 aliphatic rings. The van der Waals surface area contributed by atoms with Gasteiger partial charge in [0.25, 0.3) is 5.91 Å². The average Bonchev–Trinajstić information content (AvgIpc) is 2.98. The molecule has 0 saturated carbocycles. The van der Waals surface area contributed by atoms with Crippen LogP contribution in [0.1, 0.15) is 31.4 Å². The van der Waals surface area contributed by atoms with E-state index in [9.17, 15) is 9.90 Å². The van der Waals surface area contributed by atoms with Gasteiger partial charge >= 0.3 is 0 Å². The van der Waals surface area contributed by atoms with Gasteiger partial charge in [-0.1, -0.05) is 38.1 Å². The van der Waals surface area contributed by atoms with Crippen LogP contribution in [0.15, 0.2) is 24.3 Å². The largest absolute Gasteiger partial charge is 0.379 e. The molecule has 1 amide bonds. The van der Waals surface area contributed by atoms with Crippen LogP contribution in [-0.4, -0.2) is 46.1 Å². The quantitative estimate of drug-likeness (QED) is 0.806. The van der Waals surface area contributed by atoms with Crippen molar-refractivity contribution in [3.05, 3.63) is 35.4 Å². The number of amides is 1. The van der Waals surface area contributed by atoms with Crippen molar-refractivity contribution in [3.63, 3.8) is 0 Å². The van der Waals surface area contributed by atoms with E-state index in [4.69, 9.17) is 0 Å². The van der Waals surface area contributed by atoms with Gasteiger partial charge in [0.1, 0.15) is 0 Å². The van der Waals surface area contributed by atoms with Crippen molar-refractivity contribution in [1.82, 2.24) is 10.2 Å². The number of nitrogens with zero attached hydrogens (tertiary/aromatic N) is 1. The standard InChI is InChI=1S/C17H26N2O2S/c1-3-19(4-2)12-15-7-5-6-14(10-15)11-18-16(20)17(21)8-9-22-13-17/h5-7,10,21H,3-4,8-9,11-13H2,1-2H3,(H,18,20). The van der Waals surface area contributed by atoms with E-state index in [0.29, 0.717) is 18.7 Å². The molecule has 4 nitrogen and oxygen atoms in total. The summed E-state index contributed by atoms with van der Waals surface area (Å²) in [6.07, 6.45) is 0.547. The first-order valence-electron chi connectivity index (χ1n) is 7.96. The minimum Gasteiger partial charge on any atom is -0.379 e. The summed E-state index contributed by atoms with van der Waals surface area (Å²) in [6.45, 7) is 7.78. The van der Waals surface area contributed by atoms with E-state index in [2.05, 4.69) is 36.2 Å². The predicted molar refractivity (Wildman–Crippen MR) is 91.8 cm³/mol. The van der Waals surface area contributed by atoms with Gasteiger partial charge in [0.2, 0.25) is 0 Å². The second-order valence-corrected chi connectivity index (χ2v) is 6.90.